The maximum atomic E-state index is 13.2. The molecule has 1 saturated heterocycles. The molecule has 1 heterocycles. The summed E-state index contributed by atoms with van der Waals surface area (Å²) in [5, 5.41) is 3.04. The number of carbonyl (C=O) groups is 2. The highest BCUT2D eigenvalue weighted by atomic mass is 16.5. The molecular weight excluding hydrogens is 420 g/mol. The molecule has 2 amide bonds. The zero-order valence-electron chi connectivity index (χ0n) is 19.9. The smallest absolute Gasteiger partial charge is 0.226 e. The molecule has 0 saturated carbocycles. The lowest BCUT2D eigenvalue weighted by molar-refractivity contribution is -0.129. The molecule has 0 bridgehead atoms. The molecule has 33 heavy (non-hydrogen) atoms. The van der Waals surface area contributed by atoms with Crippen molar-refractivity contribution in [1.29, 1.82) is 0 Å². The summed E-state index contributed by atoms with van der Waals surface area (Å²) in [6, 6.07) is 13.1. The number of nitrogens with zero attached hydrogens (tertiary/aromatic N) is 1. The van der Waals surface area contributed by atoms with Crippen LogP contribution in [0.3, 0.4) is 0 Å². The van der Waals surface area contributed by atoms with Crippen LogP contribution >= 0.6 is 0 Å². The molecular formula is C26H34N2O5. The highest BCUT2D eigenvalue weighted by Crippen LogP contribution is 2.39. The Morgan fingerprint density at radius 3 is 2.39 bits per heavy atom. The highest BCUT2D eigenvalue weighted by Gasteiger charge is 2.44. The minimum atomic E-state index is -0.423. The standard InChI is InChI=1S/C26H34N2O5/c1-5-6-15-28-24(29)17-21(25(28)19-8-10-20(31-2)11-9-19)26(30)27-14-13-18-7-12-22(32-3)23(16-18)33-4/h7-12,16,21,25H,5-6,13-15,17H2,1-4H3,(H,27,30). The molecule has 1 aliphatic rings. The lowest BCUT2D eigenvalue weighted by Gasteiger charge is -2.28. The quantitative estimate of drug-likeness (QED) is 0.559. The van der Waals surface area contributed by atoms with E-state index in [1.165, 1.54) is 0 Å². The van der Waals surface area contributed by atoms with Crippen molar-refractivity contribution in [3.63, 3.8) is 0 Å². The van der Waals surface area contributed by atoms with E-state index in [-0.39, 0.29) is 24.3 Å². The molecule has 2 unspecified atom stereocenters. The lowest BCUT2D eigenvalue weighted by Crippen LogP contribution is -2.36. The van der Waals surface area contributed by atoms with Gasteiger partial charge in [-0.3, -0.25) is 9.59 Å². The van der Waals surface area contributed by atoms with Crippen LogP contribution in [0.1, 0.15) is 43.4 Å². The summed E-state index contributed by atoms with van der Waals surface area (Å²) in [6.45, 7) is 3.23. The Hall–Kier alpha value is -3.22. The van der Waals surface area contributed by atoms with E-state index in [1.807, 2.05) is 47.4 Å². The molecule has 2 aromatic carbocycles. The Morgan fingerprint density at radius 2 is 1.76 bits per heavy atom. The zero-order chi connectivity index (χ0) is 23.8. The fraction of sp³-hybridized carbons (Fsp3) is 0.462. The van der Waals surface area contributed by atoms with Gasteiger partial charge in [0.1, 0.15) is 5.75 Å². The van der Waals surface area contributed by atoms with E-state index in [0.29, 0.717) is 31.0 Å². The normalized spacial score (nSPS) is 17.7. The van der Waals surface area contributed by atoms with Gasteiger partial charge in [-0.25, -0.2) is 0 Å². The molecule has 1 aliphatic heterocycles. The minimum Gasteiger partial charge on any atom is -0.497 e. The van der Waals surface area contributed by atoms with Crippen molar-refractivity contribution in [3.05, 3.63) is 53.6 Å². The van der Waals surface area contributed by atoms with E-state index < -0.39 is 5.92 Å². The van der Waals surface area contributed by atoms with Crippen molar-refractivity contribution in [2.75, 3.05) is 34.4 Å². The Labute approximate surface area is 196 Å². The number of rotatable bonds is 11. The Kier molecular flexibility index (Phi) is 8.58. The fourth-order valence-corrected chi connectivity index (χ4v) is 4.33. The maximum Gasteiger partial charge on any atom is 0.226 e. The third-order valence-corrected chi connectivity index (χ3v) is 6.14. The average molecular weight is 455 g/mol. The Bertz CT molecular complexity index is 944. The van der Waals surface area contributed by atoms with Gasteiger partial charge in [0, 0.05) is 19.5 Å². The first-order valence-corrected chi connectivity index (χ1v) is 11.4. The second-order valence-corrected chi connectivity index (χ2v) is 8.20. The topological polar surface area (TPSA) is 77.1 Å². The van der Waals surface area contributed by atoms with Crippen LogP contribution in [0.5, 0.6) is 17.2 Å². The number of amides is 2. The number of hydrogen-bond acceptors (Lipinski definition) is 5. The molecule has 1 fully saturated rings. The van der Waals surface area contributed by atoms with Gasteiger partial charge in [-0.1, -0.05) is 31.5 Å². The molecule has 2 aromatic rings. The molecule has 7 heteroatoms. The van der Waals surface area contributed by atoms with Gasteiger partial charge >= 0.3 is 0 Å². The van der Waals surface area contributed by atoms with Crippen LogP contribution in [0, 0.1) is 5.92 Å². The van der Waals surface area contributed by atoms with Crippen LogP contribution in [0.2, 0.25) is 0 Å². The molecule has 2 atom stereocenters. The minimum absolute atomic E-state index is 0.0318. The summed E-state index contributed by atoms with van der Waals surface area (Å²) in [7, 11) is 4.82. The summed E-state index contributed by atoms with van der Waals surface area (Å²) >= 11 is 0. The second-order valence-electron chi connectivity index (χ2n) is 8.20. The van der Waals surface area contributed by atoms with Gasteiger partial charge in [-0.2, -0.15) is 0 Å². The van der Waals surface area contributed by atoms with E-state index >= 15 is 0 Å². The Morgan fingerprint density at radius 1 is 1.03 bits per heavy atom. The molecule has 0 spiro atoms. The SMILES string of the molecule is CCCCN1C(=O)CC(C(=O)NCCc2ccc(OC)c(OC)c2)C1c1ccc(OC)cc1. The second kappa shape index (κ2) is 11.6. The molecule has 7 nitrogen and oxygen atoms in total. The van der Waals surface area contributed by atoms with Crippen molar-refractivity contribution in [2.24, 2.45) is 5.92 Å². The van der Waals surface area contributed by atoms with Crippen molar-refractivity contribution in [1.82, 2.24) is 10.2 Å². The average Bonchev–Trinajstić information content (AvgIpc) is 3.18. The number of likely N-dealkylation sites (tertiary alicyclic amines) is 1. The van der Waals surface area contributed by atoms with Crippen LogP contribution in [0.15, 0.2) is 42.5 Å². The lowest BCUT2D eigenvalue weighted by atomic mass is 9.92. The van der Waals surface area contributed by atoms with Crippen molar-refractivity contribution < 1.29 is 23.8 Å². The molecule has 3 rings (SSSR count). The molecule has 1 N–H and O–H groups in total. The summed E-state index contributed by atoms with van der Waals surface area (Å²) < 4.78 is 15.9. The maximum absolute atomic E-state index is 13.2. The van der Waals surface area contributed by atoms with Crippen LogP contribution in [0.25, 0.3) is 0 Å². The first-order chi connectivity index (χ1) is 16.0. The number of hydrogen-bond donors (Lipinski definition) is 1. The van der Waals surface area contributed by atoms with E-state index in [1.54, 1.807) is 21.3 Å². The van der Waals surface area contributed by atoms with E-state index in [2.05, 4.69) is 12.2 Å². The number of ether oxygens (including phenoxy) is 3. The summed E-state index contributed by atoms with van der Waals surface area (Å²) in [6.07, 6.45) is 2.77. The highest BCUT2D eigenvalue weighted by molar-refractivity contribution is 5.90. The van der Waals surface area contributed by atoms with E-state index in [9.17, 15) is 9.59 Å². The third-order valence-electron chi connectivity index (χ3n) is 6.14. The van der Waals surface area contributed by atoms with Crippen LogP contribution in [-0.2, 0) is 16.0 Å². The summed E-state index contributed by atoms with van der Waals surface area (Å²) in [5.41, 5.74) is 1.99. The predicted octanol–water partition coefficient (Wildman–Crippen LogP) is 3.76. The number of carbonyl (C=O) groups excluding carboxylic acids is 2. The number of benzene rings is 2. The fourth-order valence-electron chi connectivity index (χ4n) is 4.33. The predicted molar refractivity (Wildman–Crippen MR) is 127 cm³/mol. The first kappa shape index (κ1) is 24.4. The van der Waals surface area contributed by atoms with Gasteiger partial charge in [-0.15, -0.1) is 0 Å². The number of methoxy groups -OCH3 is 3. The van der Waals surface area contributed by atoms with Crippen LogP contribution in [0.4, 0.5) is 0 Å². The van der Waals surface area contributed by atoms with E-state index in [4.69, 9.17) is 14.2 Å². The van der Waals surface area contributed by atoms with Gasteiger partial charge in [-0.05, 0) is 48.2 Å². The molecule has 178 valence electrons. The largest absolute Gasteiger partial charge is 0.497 e. The third kappa shape index (κ3) is 5.78. The first-order valence-electron chi connectivity index (χ1n) is 11.4. The van der Waals surface area contributed by atoms with Crippen molar-refractivity contribution in [2.45, 2.75) is 38.6 Å². The zero-order valence-corrected chi connectivity index (χ0v) is 19.9. The van der Waals surface area contributed by atoms with Gasteiger partial charge in [0.15, 0.2) is 11.5 Å². The van der Waals surface area contributed by atoms with Crippen LogP contribution in [-0.4, -0.2) is 51.1 Å². The van der Waals surface area contributed by atoms with Gasteiger partial charge in [0.05, 0.1) is 33.3 Å². The summed E-state index contributed by atoms with van der Waals surface area (Å²) in [4.78, 5) is 27.9. The van der Waals surface area contributed by atoms with Crippen molar-refractivity contribution in [3.8, 4) is 17.2 Å². The number of nitrogens with one attached hydrogen (secondary N) is 1. The molecule has 0 aliphatic carbocycles. The van der Waals surface area contributed by atoms with Gasteiger partial charge in [0.25, 0.3) is 0 Å². The Balaban J connectivity index is 1.70. The molecule has 0 aromatic heterocycles. The van der Waals surface area contributed by atoms with Crippen molar-refractivity contribution >= 4 is 11.8 Å². The van der Waals surface area contributed by atoms with Crippen LogP contribution < -0.4 is 19.5 Å². The van der Waals surface area contributed by atoms with E-state index in [0.717, 1.165) is 29.7 Å². The monoisotopic (exact) mass is 454 g/mol. The molecule has 0 radical (unpaired) electrons. The van der Waals surface area contributed by atoms with Gasteiger partial charge < -0.3 is 24.4 Å². The summed E-state index contributed by atoms with van der Waals surface area (Å²) in [5.74, 6) is 1.60. The number of unbranched alkanes of at least 4 members (excludes halogenated alkanes) is 1. The van der Waals surface area contributed by atoms with Gasteiger partial charge in [0.2, 0.25) is 11.8 Å².